The Bertz CT molecular complexity index is 462. The summed E-state index contributed by atoms with van der Waals surface area (Å²) in [4.78, 5) is 21.9. The molecule has 5 heteroatoms. The second-order valence-electron chi connectivity index (χ2n) is 2.65. The predicted octanol–water partition coefficient (Wildman–Crippen LogP) is 1.92. The van der Waals surface area contributed by atoms with Crippen LogP contribution in [0.2, 0.25) is 0 Å². The predicted molar refractivity (Wildman–Crippen MR) is 55.6 cm³/mol. The Kier molecular flexibility index (Phi) is 3.58. The smallest absolute Gasteiger partial charge is 0.339 e. The number of ether oxygens (including phenoxy) is 1. The lowest BCUT2D eigenvalue weighted by atomic mass is 10.1. The molecule has 0 atom stereocenters. The van der Waals surface area contributed by atoms with Crippen molar-refractivity contribution in [2.24, 2.45) is 0 Å². The Morgan fingerprint density at radius 2 is 2.27 bits per heavy atom. The van der Waals surface area contributed by atoms with Gasteiger partial charge in [0.2, 0.25) is 0 Å². The fourth-order valence-corrected chi connectivity index (χ4v) is 1.65. The maximum absolute atomic E-state index is 11.3. The van der Waals surface area contributed by atoms with E-state index in [2.05, 4.69) is 20.7 Å². The number of nitriles is 1. The summed E-state index contributed by atoms with van der Waals surface area (Å²) in [6.07, 6.45) is 0.596. The fourth-order valence-electron chi connectivity index (χ4n) is 1.08. The normalized spacial score (nSPS) is 9.13. The molecule has 0 aliphatic rings. The van der Waals surface area contributed by atoms with E-state index in [0.717, 1.165) is 0 Å². The van der Waals surface area contributed by atoms with Crippen LogP contribution in [0.3, 0.4) is 0 Å². The summed E-state index contributed by atoms with van der Waals surface area (Å²) in [6, 6.07) is 4.66. The fraction of sp³-hybridized carbons (Fsp3) is 0.100. The first-order valence-corrected chi connectivity index (χ1v) is 4.70. The molecule has 0 saturated carbocycles. The first kappa shape index (κ1) is 11.4. The monoisotopic (exact) mass is 267 g/mol. The first-order valence-electron chi connectivity index (χ1n) is 3.91. The van der Waals surface area contributed by atoms with E-state index in [1.807, 2.05) is 6.07 Å². The summed E-state index contributed by atoms with van der Waals surface area (Å²) >= 11 is 3.11. The van der Waals surface area contributed by atoms with E-state index in [4.69, 9.17) is 5.26 Å². The third kappa shape index (κ3) is 2.22. The van der Waals surface area contributed by atoms with Crippen LogP contribution in [0.15, 0.2) is 16.6 Å². The van der Waals surface area contributed by atoms with Gasteiger partial charge in [0.05, 0.1) is 18.2 Å². The van der Waals surface area contributed by atoms with Crippen LogP contribution >= 0.6 is 15.9 Å². The Labute approximate surface area is 94.6 Å². The van der Waals surface area contributed by atoms with Gasteiger partial charge in [-0.15, -0.1) is 0 Å². The van der Waals surface area contributed by atoms with Gasteiger partial charge in [0.15, 0.2) is 0 Å². The molecule has 0 spiro atoms. The summed E-state index contributed by atoms with van der Waals surface area (Å²) in [7, 11) is 1.21. The van der Waals surface area contributed by atoms with E-state index in [1.165, 1.54) is 19.2 Å². The van der Waals surface area contributed by atoms with Gasteiger partial charge in [-0.25, -0.2) is 4.79 Å². The van der Waals surface area contributed by atoms with Crippen LogP contribution in [-0.4, -0.2) is 19.4 Å². The molecule has 1 aromatic carbocycles. The van der Waals surface area contributed by atoms with Gasteiger partial charge in [0.1, 0.15) is 12.4 Å². The lowest BCUT2D eigenvalue weighted by Gasteiger charge is -2.04. The average Bonchev–Trinajstić information content (AvgIpc) is 2.26. The molecule has 0 aromatic heterocycles. The average molecular weight is 268 g/mol. The van der Waals surface area contributed by atoms with Crippen LogP contribution in [0.25, 0.3) is 0 Å². The minimum Gasteiger partial charge on any atom is -0.465 e. The number of esters is 1. The zero-order valence-electron chi connectivity index (χ0n) is 7.78. The van der Waals surface area contributed by atoms with Crippen molar-refractivity contribution in [3.8, 4) is 6.07 Å². The molecule has 0 fully saturated rings. The van der Waals surface area contributed by atoms with Gasteiger partial charge in [-0.05, 0) is 28.1 Å². The molecule has 4 nitrogen and oxygen atoms in total. The summed E-state index contributed by atoms with van der Waals surface area (Å²) in [6.45, 7) is 0. The van der Waals surface area contributed by atoms with Gasteiger partial charge >= 0.3 is 5.97 Å². The number of methoxy groups -OCH3 is 1. The lowest BCUT2D eigenvalue weighted by molar-refractivity contribution is 0.0600. The van der Waals surface area contributed by atoms with Crippen LogP contribution in [0.1, 0.15) is 26.3 Å². The molecule has 0 N–H and O–H groups in total. The number of benzene rings is 1. The zero-order valence-corrected chi connectivity index (χ0v) is 9.37. The summed E-state index contributed by atoms with van der Waals surface area (Å²) < 4.78 is 4.90. The van der Waals surface area contributed by atoms with Gasteiger partial charge in [-0.3, -0.25) is 4.79 Å². The van der Waals surface area contributed by atoms with Crippen LogP contribution in [0, 0.1) is 11.3 Å². The van der Waals surface area contributed by atoms with E-state index in [9.17, 15) is 9.59 Å². The molecule has 0 unspecified atom stereocenters. The lowest BCUT2D eigenvalue weighted by Crippen LogP contribution is -2.05. The maximum Gasteiger partial charge on any atom is 0.339 e. The zero-order chi connectivity index (χ0) is 11.4. The highest BCUT2D eigenvalue weighted by Crippen LogP contribution is 2.22. The van der Waals surface area contributed by atoms with Crippen molar-refractivity contribution in [1.29, 1.82) is 5.26 Å². The van der Waals surface area contributed by atoms with Gasteiger partial charge in [0, 0.05) is 10.0 Å². The van der Waals surface area contributed by atoms with E-state index in [-0.39, 0.29) is 11.1 Å². The molecule has 0 aliphatic carbocycles. The quantitative estimate of drug-likeness (QED) is 0.607. The van der Waals surface area contributed by atoms with E-state index in [1.54, 1.807) is 0 Å². The van der Waals surface area contributed by atoms with Crippen LogP contribution in [-0.2, 0) is 4.74 Å². The molecular formula is C10H6BrNO3. The van der Waals surface area contributed by atoms with Crippen LogP contribution < -0.4 is 0 Å². The molecule has 0 heterocycles. The second-order valence-corrected chi connectivity index (χ2v) is 3.50. The topological polar surface area (TPSA) is 67.2 Å². The SMILES string of the molecule is COC(=O)c1cc(C=O)cc(Br)c1C#N. The molecule has 0 saturated heterocycles. The largest absolute Gasteiger partial charge is 0.465 e. The van der Waals surface area contributed by atoms with Gasteiger partial charge in [-0.2, -0.15) is 5.26 Å². The highest BCUT2D eigenvalue weighted by atomic mass is 79.9. The van der Waals surface area contributed by atoms with Crippen molar-refractivity contribution in [2.75, 3.05) is 7.11 Å². The first-order chi connectivity index (χ1) is 7.13. The van der Waals surface area contributed by atoms with Gasteiger partial charge in [-0.1, -0.05) is 0 Å². The summed E-state index contributed by atoms with van der Waals surface area (Å²) in [5.74, 6) is -0.643. The molecule has 0 amide bonds. The molecule has 0 bridgehead atoms. The third-order valence-electron chi connectivity index (χ3n) is 1.77. The highest BCUT2D eigenvalue weighted by Gasteiger charge is 2.15. The Balaban J connectivity index is 3.47. The highest BCUT2D eigenvalue weighted by molar-refractivity contribution is 9.10. The van der Waals surface area contributed by atoms with Crippen molar-refractivity contribution in [3.05, 3.63) is 33.3 Å². The van der Waals surface area contributed by atoms with Crippen LogP contribution in [0.5, 0.6) is 0 Å². The molecule has 0 aliphatic heterocycles. The van der Waals surface area contributed by atoms with Gasteiger partial charge < -0.3 is 4.74 Å². The van der Waals surface area contributed by atoms with E-state index in [0.29, 0.717) is 16.3 Å². The molecule has 15 heavy (non-hydrogen) atoms. The number of carbonyl (C=O) groups excluding carboxylic acids is 2. The summed E-state index contributed by atoms with van der Waals surface area (Å²) in [5.41, 5.74) is 0.546. The Morgan fingerprint density at radius 3 is 2.73 bits per heavy atom. The molecule has 1 aromatic rings. The van der Waals surface area contributed by atoms with Crippen molar-refractivity contribution in [1.82, 2.24) is 0 Å². The number of halogens is 1. The second kappa shape index (κ2) is 4.71. The number of hydrogen-bond donors (Lipinski definition) is 0. The number of rotatable bonds is 2. The van der Waals surface area contributed by atoms with Crippen molar-refractivity contribution in [2.45, 2.75) is 0 Å². The van der Waals surface area contributed by atoms with E-state index < -0.39 is 5.97 Å². The third-order valence-corrected chi connectivity index (χ3v) is 2.39. The van der Waals surface area contributed by atoms with Gasteiger partial charge in [0.25, 0.3) is 0 Å². The minimum absolute atomic E-state index is 0.0801. The molecule has 1 rings (SSSR count). The molecule has 0 radical (unpaired) electrons. The number of carbonyl (C=O) groups is 2. The standard InChI is InChI=1S/C10H6BrNO3/c1-15-10(14)7-2-6(5-13)3-9(11)8(7)4-12/h2-3,5H,1H3. The molecular weight excluding hydrogens is 262 g/mol. The van der Waals surface area contributed by atoms with Crippen molar-refractivity contribution in [3.63, 3.8) is 0 Å². The Morgan fingerprint density at radius 1 is 1.60 bits per heavy atom. The summed E-state index contributed by atoms with van der Waals surface area (Å²) in [5, 5.41) is 8.83. The minimum atomic E-state index is -0.643. The number of aldehydes is 1. The van der Waals surface area contributed by atoms with Crippen molar-refractivity contribution >= 4 is 28.2 Å². The number of nitrogens with zero attached hydrogens (tertiary/aromatic N) is 1. The maximum atomic E-state index is 11.3. The van der Waals surface area contributed by atoms with Crippen molar-refractivity contribution < 1.29 is 14.3 Å². The van der Waals surface area contributed by atoms with Crippen LogP contribution in [0.4, 0.5) is 0 Å². The molecule has 76 valence electrons. The Hall–Kier alpha value is -1.67. The van der Waals surface area contributed by atoms with E-state index >= 15 is 0 Å². The number of hydrogen-bond acceptors (Lipinski definition) is 4.